The van der Waals surface area contributed by atoms with Crippen molar-refractivity contribution in [3.05, 3.63) is 59.4 Å². The molecule has 1 aliphatic rings. The number of aromatic nitrogens is 4. The van der Waals surface area contributed by atoms with Crippen molar-refractivity contribution in [2.24, 2.45) is 0 Å². The molecule has 0 aliphatic carbocycles. The van der Waals surface area contributed by atoms with Crippen LogP contribution in [0.5, 0.6) is 0 Å². The molecule has 1 fully saturated rings. The number of nitrogens with zero attached hydrogens (tertiary/aromatic N) is 4. The number of nitrogens with one attached hydrogen (secondary N) is 1. The van der Waals surface area contributed by atoms with Crippen molar-refractivity contribution in [1.29, 1.82) is 0 Å². The summed E-state index contributed by atoms with van der Waals surface area (Å²) in [4.78, 5) is 9.27. The second-order valence-corrected chi connectivity index (χ2v) is 7.83. The maximum absolute atomic E-state index is 13.8. The molecular formula is C22H20ClFN6O. The predicted octanol–water partition coefficient (Wildman–Crippen LogP) is 4.45. The molecule has 2 aromatic carbocycles. The van der Waals surface area contributed by atoms with Crippen LogP contribution in [-0.4, -0.2) is 39.0 Å². The maximum atomic E-state index is 13.8. The Morgan fingerprint density at radius 2 is 2.06 bits per heavy atom. The van der Waals surface area contributed by atoms with Crippen molar-refractivity contribution in [2.45, 2.75) is 18.9 Å². The van der Waals surface area contributed by atoms with E-state index in [4.69, 9.17) is 27.1 Å². The highest BCUT2D eigenvalue weighted by Gasteiger charge is 2.21. The van der Waals surface area contributed by atoms with Crippen molar-refractivity contribution in [3.8, 4) is 16.9 Å². The summed E-state index contributed by atoms with van der Waals surface area (Å²) in [7, 11) is 0. The van der Waals surface area contributed by atoms with Crippen LogP contribution in [-0.2, 0) is 4.74 Å². The standard InChI is InChI=1S/C22H20ClFN6O/c23-14-5-1-4-13(10-14)19-18-20(25)30(16-7-2-6-15(24)11-16)29-21(18)28-22(27-19)26-12-17-8-3-9-31-17/h1-2,4-7,10-11,17H,3,8-9,12,25H2,(H,26,28,29). The van der Waals surface area contributed by atoms with Gasteiger partial charge in [-0.15, -0.1) is 5.10 Å². The number of benzene rings is 2. The van der Waals surface area contributed by atoms with Gasteiger partial charge in [0, 0.05) is 23.7 Å². The van der Waals surface area contributed by atoms with Crippen LogP contribution in [0.2, 0.25) is 5.02 Å². The third-order valence-corrected chi connectivity index (χ3v) is 5.47. The quantitative estimate of drug-likeness (QED) is 0.478. The summed E-state index contributed by atoms with van der Waals surface area (Å²) in [5.74, 6) is 0.361. The van der Waals surface area contributed by atoms with Gasteiger partial charge in [-0.1, -0.05) is 29.8 Å². The van der Waals surface area contributed by atoms with Gasteiger partial charge >= 0.3 is 0 Å². The molecule has 2 aromatic heterocycles. The molecule has 1 atom stereocenters. The molecule has 9 heteroatoms. The molecule has 1 saturated heterocycles. The van der Waals surface area contributed by atoms with E-state index in [1.54, 1.807) is 18.2 Å². The predicted molar refractivity (Wildman–Crippen MR) is 119 cm³/mol. The SMILES string of the molecule is Nc1c2c(-c3cccc(Cl)c3)nc(NCC3CCCO3)nc2nn1-c1cccc(F)c1. The fraction of sp³-hybridized carbons (Fsp3) is 0.227. The Kier molecular flexibility index (Phi) is 5.17. The normalized spacial score (nSPS) is 16.1. The zero-order valence-corrected chi connectivity index (χ0v) is 17.3. The number of rotatable bonds is 5. The maximum Gasteiger partial charge on any atom is 0.225 e. The minimum Gasteiger partial charge on any atom is -0.383 e. The van der Waals surface area contributed by atoms with Crippen molar-refractivity contribution in [3.63, 3.8) is 0 Å². The second-order valence-electron chi connectivity index (χ2n) is 7.40. The number of ether oxygens (including phenoxy) is 1. The van der Waals surface area contributed by atoms with Gasteiger partial charge in [0.2, 0.25) is 5.95 Å². The van der Waals surface area contributed by atoms with E-state index in [0.717, 1.165) is 25.0 Å². The first-order chi connectivity index (χ1) is 15.1. The lowest BCUT2D eigenvalue weighted by molar-refractivity contribution is 0.120. The Labute approximate surface area is 183 Å². The molecule has 5 rings (SSSR count). The highest BCUT2D eigenvalue weighted by molar-refractivity contribution is 6.30. The van der Waals surface area contributed by atoms with Crippen LogP contribution in [0, 0.1) is 5.82 Å². The summed E-state index contributed by atoms with van der Waals surface area (Å²) >= 11 is 6.22. The molecular weight excluding hydrogens is 419 g/mol. The molecule has 31 heavy (non-hydrogen) atoms. The molecule has 0 radical (unpaired) electrons. The molecule has 7 nitrogen and oxygen atoms in total. The second kappa shape index (κ2) is 8.13. The summed E-state index contributed by atoms with van der Waals surface area (Å²) in [6.45, 7) is 1.37. The van der Waals surface area contributed by atoms with E-state index >= 15 is 0 Å². The minimum absolute atomic E-state index is 0.129. The van der Waals surface area contributed by atoms with Crippen LogP contribution in [0.25, 0.3) is 28.0 Å². The van der Waals surface area contributed by atoms with Gasteiger partial charge in [-0.05, 0) is 43.2 Å². The van der Waals surface area contributed by atoms with Crippen molar-refractivity contribution < 1.29 is 9.13 Å². The van der Waals surface area contributed by atoms with Gasteiger partial charge < -0.3 is 15.8 Å². The average Bonchev–Trinajstić information content (AvgIpc) is 3.40. The average molecular weight is 439 g/mol. The molecule has 3 N–H and O–H groups in total. The summed E-state index contributed by atoms with van der Waals surface area (Å²) in [5.41, 5.74) is 8.73. The summed E-state index contributed by atoms with van der Waals surface area (Å²) in [5, 5.41) is 8.95. The zero-order chi connectivity index (χ0) is 21.4. The Hall–Kier alpha value is -3.23. The third kappa shape index (κ3) is 3.92. The lowest BCUT2D eigenvalue weighted by Gasteiger charge is -2.12. The van der Waals surface area contributed by atoms with Gasteiger partial charge in [-0.2, -0.15) is 4.98 Å². The van der Waals surface area contributed by atoms with Gasteiger partial charge in [0.05, 0.1) is 22.9 Å². The molecule has 4 aromatic rings. The Balaban J connectivity index is 1.64. The molecule has 158 valence electrons. The van der Waals surface area contributed by atoms with Crippen molar-refractivity contribution in [1.82, 2.24) is 19.7 Å². The molecule has 3 heterocycles. The lowest BCUT2D eigenvalue weighted by atomic mass is 10.1. The highest BCUT2D eigenvalue weighted by Crippen LogP contribution is 2.33. The van der Waals surface area contributed by atoms with E-state index in [0.29, 0.717) is 45.7 Å². The van der Waals surface area contributed by atoms with Gasteiger partial charge in [-0.25, -0.2) is 14.1 Å². The Bertz CT molecular complexity index is 1250. The Morgan fingerprint density at radius 3 is 2.84 bits per heavy atom. The van der Waals surface area contributed by atoms with Gasteiger partial charge in [-0.3, -0.25) is 0 Å². The fourth-order valence-corrected chi connectivity index (χ4v) is 3.94. The fourth-order valence-electron chi connectivity index (χ4n) is 3.75. The van der Waals surface area contributed by atoms with E-state index < -0.39 is 0 Å². The summed E-state index contributed by atoms with van der Waals surface area (Å²) in [6, 6.07) is 13.4. The van der Waals surface area contributed by atoms with Crippen LogP contribution in [0.3, 0.4) is 0 Å². The van der Waals surface area contributed by atoms with E-state index in [1.807, 2.05) is 18.2 Å². The van der Waals surface area contributed by atoms with Crippen molar-refractivity contribution >= 4 is 34.4 Å². The van der Waals surface area contributed by atoms with Crippen LogP contribution >= 0.6 is 11.6 Å². The first-order valence-electron chi connectivity index (χ1n) is 10.0. The minimum atomic E-state index is -0.378. The van der Waals surface area contributed by atoms with E-state index in [1.165, 1.54) is 16.8 Å². The van der Waals surface area contributed by atoms with Crippen LogP contribution in [0.4, 0.5) is 16.2 Å². The first kappa shape index (κ1) is 19.7. The highest BCUT2D eigenvalue weighted by atomic mass is 35.5. The third-order valence-electron chi connectivity index (χ3n) is 5.23. The largest absolute Gasteiger partial charge is 0.383 e. The monoisotopic (exact) mass is 438 g/mol. The zero-order valence-electron chi connectivity index (χ0n) is 16.6. The number of nitrogen functional groups attached to an aromatic ring is 1. The number of anilines is 2. The number of hydrogen-bond donors (Lipinski definition) is 2. The summed E-state index contributed by atoms with van der Waals surface area (Å²) < 4.78 is 20.9. The molecule has 0 amide bonds. The smallest absolute Gasteiger partial charge is 0.225 e. The lowest BCUT2D eigenvalue weighted by Crippen LogP contribution is -2.19. The molecule has 0 saturated carbocycles. The van der Waals surface area contributed by atoms with Gasteiger partial charge in [0.15, 0.2) is 5.65 Å². The van der Waals surface area contributed by atoms with Crippen LogP contribution in [0.15, 0.2) is 48.5 Å². The number of halogens is 2. The molecule has 0 spiro atoms. The number of hydrogen-bond acceptors (Lipinski definition) is 6. The number of nitrogens with two attached hydrogens (primary N) is 1. The summed E-state index contributed by atoms with van der Waals surface area (Å²) in [6.07, 6.45) is 2.18. The molecule has 0 bridgehead atoms. The van der Waals surface area contributed by atoms with Gasteiger partial charge in [0.25, 0.3) is 0 Å². The Morgan fingerprint density at radius 1 is 1.19 bits per heavy atom. The molecule has 1 unspecified atom stereocenters. The van der Waals surface area contributed by atoms with E-state index in [2.05, 4.69) is 15.4 Å². The number of fused-ring (bicyclic) bond motifs is 1. The van der Waals surface area contributed by atoms with Crippen LogP contribution < -0.4 is 11.1 Å². The topological polar surface area (TPSA) is 90.9 Å². The van der Waals surface area contributed by atoms with E-state index in [9.17, 15) is 4.39 Å². The first-order valence-corrected chi connectivity index (χ1v) is 10.4. The molecule has 1 aliphatic heterocycles. The van der Waals surface area contributed by atoms with Crippen LogP contribution in [0.1, 0.15) is 12.8 Å². The van der Waals surface area contributed by atoms with Gasteiger partial charge in [0.1, 0.15) is 11.6 Å². The van der Waals surface area contributed by atoms with Crippen molar-refractivity contribution in [2.75, 3.05) is 24.2 Å². The van der Waals surface area contributed by atoms with E-state index in [-0.39, 0.29) is 11.9 Å².